The minimum absolute atomic E-state index is 0.150. The molecule has 1 saturated heterocycles. The summed E-state index contributed by atoms with van der Waals surface area (Å²) in [5.41, 5.74) is 2.04. The van der Waals surface area contributed by atoms with Crippen LogP contribution in [0.25, 0.3) is 22.3 Å². The van der Waals surface area contributed by atoms with E-state index in [1.165, 1.54) is 12.4 Å². The van der Waals surface area contributed by atoms with E-state index in [1.54, 1.807) is 39.9 Å². The zero-order chi connectivity index (χ0) is 31.9. The molecule has 232 valence electrons. The second kappa shape index (κ2) is 13.7. The average Bonchev–Trinajstić information content (AvgIpc) is 3.50. The Hall–Kier alpha value is -6.04. The van der Waals surface area contributed by atoms with Gasteiger partial charge in [0.1, 0.15) is 23.5 Å². The van der Waals surface area contributed by atoms with Gasteiger partial charge in [-0.25, -0.2) is 24.2 Å². The molecule has 12 nitrogen and oxygen atoms in total. The largest absolute Gasteiger partial charge is 0.457 e. The second-order valence-electron chi connectivity index (χ2n) is 10.4. The van der Waals surface area contributed by atoms with Crippen molar-refractivity contribution in [2.24, 2.45) is 0 Å². The molecule has 1 N–H and O–H groups in total. The number of amides is 2. The van der Waals surface area contributed by atoms with Crippen molar-refractivity contribution in [1.29, 1.82) is 0 Å². The van der Waals surface area contributed by atoms with Crippen LogP contribution in [0.1, 0.15) is 29.2 Å². The summed E-state index contributed by atoms with van der Waals surface area (Å²) in [4.78, 5) is 48.1. The molecule has 0 unspecified atom stereocenters. The van der Waals surface area contributed by atoms with Crippen LogP contribution in [0.3, 0.4) is 0 Å². The first-order chi connectivity index (χ1) is 22.5. The van der Waals surface area contributed by atoms with Crippen molar-refractivity contribution in [2.45, 2.75) is 18.9 Å². The van der Waals surface area contributed by atoms with Gasteiger partial charge in [-0.05, 0) is 67.4 Å². The fraction of sp³-hybridized carbons (Fsp3) is 0.176. The maximum atomic E-state index is 12.8. The van der Waals surface area contributed by atoms with Crippen LogP contribution in [-0.4, -0.2) is 62.5 Å². The van der Waals surface area contributed by atoms with E-state index < -0.39 is 18.9 Å². The Morgan fingerprint density at radius 3 is 2.37 bits per heavy atom. The molecule has 0 saturated carbocycles. The number of nitrogens with one attached hydrogen (secondary N) is 1. The van der Waals surface area contributed by atoms with Gasteiger partial charge in [0.05, 0.1) is 17.0 Å². The Morgan fingerprint density at radius 1 is 0.913 bits per heavy atom. The fourth-order valence-corrected chi connectivity index (χ4v) is 5.24. The minimum Gasteiger partial charge on any atom is -0.457 e. The molecule has 6 rings (SSSR count). The molecule has 2 amide bonds. The highest BCUT2D eigenvalue weighted by molar-refractivity contribution is 6.03. The van der Waals surface area contributed by atoms with Gasteiger partial charge < -0.3 is 19.1 Å². The molecule has 2 aromatic heterocycles. The van der Waals surface area contributed by atoms with E-state index in [0.29, 0.717) is 46.9 Å². The molecule has 3 aromatic carbocycles. The first kappa shape index (κ1) is 30.0. The highest BCUT2D eigenvalue weighted by atomic mass is 16.7. The van der Waals surface area contributed by atoms with Crippen LogP contribution in [0, 0.1) is 0 Å². The predicted octanol–water partition coefficient (Wildman–Crippen LogP) is 6.00. The first-order valence-electron chi connectivity index (χ1n) is 14.6. The van der Waals surface area contributed by atoms with Gasteiger partial charge in [0.25, 0.3) is 0 Å². The van der Waals surface area contributed by atoms with Crippen LogP contribution >= 0.6 is 0 Å². The third-order valence-corrected chi connectivity index (χ3v) is 7.43. The molecular formula is C34H30N6O6. The molecule has 12 heteroatoms. The smallest absolute Gasteiger partial charge is 0.415 e. The Labute approximate surface area is 264 Å². The third-order valence-electron chi connectivity index (χ3n) is 7.43. The average molecular weight is 619 g/mol. The molecule has 0 radical (unpaired) electrons. The van der Waals surface area contributed by atoms with E-state index >= 15 is 0 Å². The summed E-state index contributed by atoms with van der Waals surface area (Å²) in [7, 11) is 0. The van der Waals surface area contributed by atoms with Gasteiger partial charge in [-0.1, -0.05) is 43.0 Å². The number of hydrogen-bond acceptors (Lipinski definition) is 9. The second-order valence-corrected chi connectivity index (χ2v) is 10.4. The number of anilines is 1. The maximum Gasteiger partial charge on any atom is 0.415 e. The number of aromatic nitrogens is 4. The number of rotatable bonds is 9. The number of nitrogens with zero attached hydrogens (tertiary/aromatic N) is 5. The summed E-state index contributed by atoms with van der Waals surface area (Å²) in [5.74, 6) is 0.715. The maximum absolute atomic E-state index is 12.8. The van der Waals surface area contributed by atoms with Crippen molar-refractivity contribution in [2.75, 3.05) is 25.2 Å². The first-order valence-corrected chi connectivity index (χ1v) is 14.6. The summed E-state index contributed by atoms with van der Waals surface area (Å²) in [6.07, 6.45) is 3.29. The summed E-state index contributed by atoms with van der Waals surface area (Å²) >= 11 is 0. The lowest BCUT2D eigenvalue weighted by atomic mass is 10.1. The summed E-state index contributed by atoms with van der Waals surface area (Å²) in [6, 6.07) is 25.0. The monoisotopic (exact) mass is 618 g/mol. The van der Waals surface area contributed by atoms with Crippen LogP contribution in [0.15, 0.2) is 104 Å². The van der Waals surface area contributed by atoms with Gasteiger partial charge in [-0.15, -0.1) is 0 Å². The zero-order valence-corrected chi connectivity index (χ0v) is 24.7. The molecule has 1 aliphatic rings. The fourth-order valence-electron chi connectivity index (χ4n) is 5.24. The van der Waals surface area contributed by atoms with Gasteiger partial charge in [0.15, 0.2) is 11.5 Å². The van der Waals surface area contributed by atoms with Gasteiger partial charge in [0.2, 0.25) is 12.7 Å². The predicted molar refractivity (Wildman–Crippen MR) is 169 cm³/mol. The Morgan fingerprint density at radius 2 is 1.63 bits per heavy atom. The summed E-state index contributed by atoms with van der Waals surface area (Å²) in [5, 5.41) is 8.07. The molecule has 5 aromatic rings. The van der Waals surface area contributed by atoms with Gasteiger partial charge in [-0.2, -0.15) is 5.10 Å². The molecule has 1 atom stereocenters. The van der Waals surface area contributed by atoms with Crippen molar-refractivity contribution in [3.8, 4) is 22.8 Å². The molecule has 0 spiro atoms. The molecule has 46 heavy (non-hydrogen) atoms. The number of fused-ring (bicyclic) bond motifs is 1. The lowest BCUT2D eigenvalue weighted by Crippen LogP contribution is -2.40. The Balaban J connectivity index is 1.28. The van der Waals surface area contributed by atoms with E-state index in [1.807, 2.05) is 54.6 Å². The van der Waals surface area contributed by atoms with Gasteiger partial charge in [0, 0.05) is 18.7 Å². The molecule has 1 aliphatic heterocycles. The third kappa shape index (κ3) is 6.70. The molecular weight excluding hydrogens is 588 g/mol. The lowest BCUT2D eigenvalue weighted by Gasteiger charge is -2.32. The number of carbonyl (C=O) groups is 3. The Bertz CT molecular complexity index is 1860. The van der Waals surface area contributed by atoms with E-state index in [-0.39, 0.29) is 17.8 Å². The number of carbonyl (C=O) groups excluding carboxylic acids is 3. The quantitative estimate of drug-likeness (QED) is 0.120. The SMILES string of the molecule is C=CC(=O)N1CCC[C@@H](n2nc(-c3ccc(Oc4ccccc4)cc3)c3c(NC(=O)OCOC(=O)c4ccccc4)ncnc32)C1. The number of benzene rings is 3. The molecule has 3 heterocycles. The van der Waals surface area contributed by atoms with E-state index in [2.05, 4.69) is 21.9 Å². The van der Waals surface area contributed by atoms with Crippen LogP contribution in [0.5, 0.6) is 11.5 Å². The summed E-state index contributed by atoms with van der Waals surface area (Å²) in [6.45, 7) is 4.07. The number of para-hydroxylation sites is 1. The molecule has 0 aliphatic carbocycles. The van der Waals surface area contributed by atoms with Crippen LogP contribution in [-0.2, 0) is 14.3 Å². The summed E-state index contributed by atoms with van der Waals surface area (Å²) < 4.78 is 17.9. The van der Waals surface area contributed by atoms with E-state index in [0.717, 1.165) is 18.4 Å². The molecule has 0 bridgehead atoms. The lowest BCUT2D eigenvalue weighted by molar-refractivity contribution is -0.127. The topological polar surface area (TPSA) is 138 Å². The van der Waals surface area contributed by atoms with Crippen LogP contribution < -0.4 is 10.1 Å². The van der Waals surface area contributed by atoms with E-state index in [4.69, 9.17) is 19.3 Å². The van der Waals surface area contributed by atoms with Crippen molar-refractivity contribution >= 4 is 34.8 Å². The van der Waals surface area contributed by atoms with Crippen molar-refractivity contribution < 1.29 is 28.6 Å². The van der Waals surface area contributed by atoms with Crippen molar-refractivity contribution in [1.82, 2.24) is 24.6 Å². The number of piperidine rings is 1. The van der Waals surface area contributed by atoms with Crippen LogP contribution in [0.2, 0.25) is 0 Å². The standard InChI is InChI=1S/C34H30N6O6/c1-2-28(41)39-19-9-12-25(20-39)40-32-29(30(38-40)23-15-17-27(18-16-23)46-26-13-7-4-8-14-26)31(35-21-36-32)37-34(43)45-22-44-33(42)24-10-5-3-6-11-24/h2-8,10-11,13-18,21,25H,1,9,12,19-20,22H2,(H,35,36,37,43)/t25-/m1/s1. The highest BCUT2D eigenvalue weighted by Gasteiger charge is 2.29. The number of hydrogen-bond donors (Lipinski definition) is 1. The van der Waals surface area contributed by atoms with Crippen LogP contribution in [0.4, 0.5) is 10.6 Å². The van der Waals surface area contributed by atoms with Gasteiger partial charge >= 0.3 is 12.1 Å². The number of esters is 1. The minimum atomic E-state index is -0.883. The number of likely N-dealkylation sites (tertiary alicyclic amines) is 1. The number of ether oxygens (including phenoxy) is 3. The van der Waals surface area contributed by atoms with Gasteiger partial charge in [-0.3, -0.25) is 10.1 Å². The molecule has 1 fully saturated rings. The highest BCUT2D eigenvalue weighted by Crippen LogP contribution is 2.36. The van der Waals surface area contributed by atoms with Crippen molar-refractivity contribution in [3.63, 3.8) is 0 Å². The van der Waals surface area contributed by atoms with E-state index in [9.17, 15) is 14.4 Å². The van der Waals surface area contributed by atoms with Crippen molar-refractivity contribution in [3.05, 3.63) is 109 Å². The zero-order valence-electron chi connectivity index (χ0n) is 24.7. The normalized spacial score (nSPS) is 14.3. The Kier molecular flexibility index (Phi) is 8.95.